The Hall–Kier alpha value is -1.98. The van der Waals surface area contributed by atoms with Crippen molar-refractivity contribution in [2.75, 3.05) is 0 Å². The predicted octanol–water partition coefficient (Wildman–Crippen LogP) is 4.22. The normalized spacial score (nSPS) is 16.7. The molecule has 6 heteroatoms. The molecule has 0 N–H and O–H groups in total. The Morgan fingerprint density at radius 1 is 1.13 bits per heavy atom. The van der Waals surface area contributed by atoms with Crippen molar-refractivity contribution in [3.8, 4) is 0 Å². The molecule has 2 aromatic rings. The predicted molar refractivity (Wildman–Crippen MR) is 93.1 cm³/mol. The molecule has 0 atom stereocenters. The minimum atomic E-state index is -0.256. The van der Waals surface area contributed by atoms with Crippen molar-refractivity contribution in [3.63, 3.8) is 0 Å². The van der Waals surface area contributed by atoms with Gasteiger partial charge in [0, 0.05) is 23.5 Å². The van der Waals surface area contributed by atoms with Gasteiger partial charge in [0.05, 0.1) is 11.4 Å². The van der Waals surface area contributed by atoms with E-state index in [-0.39, 0.29) is 17.7 Å². The van der Waals surface area contributed by atoms with Crippen molar-refractivity contribution < 1.29 is 9.59 Å². The van der Waals surface area contributed by atoms with Crippen LogP contribution in [-0.4, -0.2) is 20.6 Å². The first kappa shape index (κ1) is 15.9. The Morgan fingerprint density at radius 3 is 2.43 bits per heavy atom. The average molecular weight is 347 g/mol. The topological polar surface area (TPSA) is 42.3 Å². The molecule has 1 aromatic carbocycles. The van der Waals surface area contributed by atoms with E-state index in [0.717, 1.165) is 28.7 Å². The van der Waals surface area contributed by atoms with Crippen molar-refractivity contribution in [3.05, 3.63) is 63.3 Å². The van der Waals surface area contributed by atoms with Crippen molar-refractivity contribution >= 4 is 40.6 Å². The molecule has 0 saturated carbocycles. The van der Waals surface area contributed by atoms with E-state index in [1.165, 1.54) is 4.90 Å². The third-order valence-corrected chi connectivity index (χ3v) is 4.98. The van der Waals surface area contributed by atoms with Crippen molar-refractivity contribution in [1.29, 1.82) is 0 Å². The zero-order valence-corrected chi connectivity index (χ0v) is 14.3. The van der Waals surface area contributed by atoms with Gasteiger partial charge >= 0.3 is 0 Å². The first-order valence-corrected chi connectivity index (χ1v) is 8.27. The van der Waals surface area contributed by atoms with Crippen LogP contribution in [-0.2, 0) is 18.4 Å². The number of carbonyl (C=O) groups excluding carboxylic acids is 2. The molecule has 4 nitrogen and oxygen atoms in total. The van der Waals surface area contributed by atoms with Crippen molar-refractivity contribution in [2.24, 2.45) is 7.05 Å². The van der Waals surface area contributed by atoms with Gasteiger partial charge in [-0.05, 0) is 54.6 Å². The molecule has 1 aliphatic rings. The highest BCUT2D eigenvalue weighted by atomic mass is 35.5. The number of aromatic nitrogens is 1. The van der Waals surface area contributed by atoms with Gasteiger partial charge in [-0.15, -0.1) is 0 Å². The number of amides is 2. The number of hydrogen-bond acceptors (Lipinski definition) is 3. The molecule has 0 spiro atoms. The number of hydrogen-bond donors (Lipinski definition) is 0. The lowest BCUT2D eigenvalue weighted by Crippen LogP contribution is -2.27. The van der Waals surface area contributed by atoms with Crippen LogP contribution in [0.5, 0.6) is 0 Å². The molecule has 0 unspecified atom stereocenters. The molecule has 1 fully saturated rings. The Kier molecular flexibility index (Phi) is 4.33. The molecule has 0 bridgehead atoms. The van der Waals surface area contributed by atoms with Crippen LogP contribution >= 0.6 is 23.4 Å². The summed E-state index contributed by atoms with van der Waals surface area (Å²) in [6.45, 7) is 2.24. The summed E-state index contributed by atoms with van der Waals surface area (Å²) in [5.41, 5.74) is 2.86. The van der Waals surface area contributed by atoms with Crippen LogP contribution in [0.2, 0.25) is 5.02 Å². The van der Waals surface area contributed by atoms with E-state index >= 15 is 0 Å². The second-order valence-corrected chi connectivity index (χ2v) is 6.78. The lowest BCUT2D eigenvalue weighted by molar-refractivity contribution is -0.123. The first-order chi connectivity index (χ1) is 11.0. The van der Waals surface area contributed by atoms with Gasteiger partial charge in [0.1, 0.15) is 0 Å². The van der Waals surface area contributed by atoms with E-state index in [1.54, 1.807) is 18.2 Å². The highest BCUT2D eigenvalue weighted by Gasteiger charge is 2.35. The highest BCUT2D eigenvalue weighted by Crippen LogP contribution is 2.33. The van der Waals surface area contributed by atoms with Crippen LogP contribution in [0.4, 0.5) is 4.79 Å². The number of rotatable bonds is 3. The smallest absolute Gasteiger partial charge is 0.293 e. The Morgan fingerprint density at radius 2 is 1.83 bits per heavy atom. The number of halogens is 1. The molecule has 1 aromatic heterocycles. The number of imide groups is 1. The third-order valence-electron chi connectivity index (χ3n) is 3.82. The molecule has 3 rings (SSSR count). The van der Waals surface area contributed by atoms with Gasteiger partial charge < -0.3 is 4.57 Å². The van der Waals surface area contributed by atoms with Gasteiger partial charge in [-0.2, -0.15) is 0 Å². The van der Waals surface area contributed by atoms with E-state index < -0.39 is 0 Å². The molecule has 2 amide bonds. The molecule has 0 aliphatic carbocycles. The largest absolute Gasteiger partial charge is 0.348 e. The summed E-state index contributed by atoms with van der Waals surface area (Å²) in [5.74, 6) is -0.256. The molecule has 118 valence electrons. The summed E-state index contributed by atoms with van der Waals surface area (Å²) in [4.78, 5) is 26.3. The minimum absolute atomic E-state index is 0.248. The van der Waals surface area contributed by atoms with Gasteiger partial charge in [0.25, 0.3) is 11.1 Å². The van der Waals surface area contributed by atoms with Crippen LogP contribution in [0.15, 0.2) is 41.3 Å². The fourth-order valence-corrected chi connectivity index (χ4v) is 3.27. The second-order valence-electron chi connectivity index (χ2n) is 5.35. The fourth-order valence-electron chi connectivity index (χ4n) is 2.32. The maximum Gasteiger partial charge on any atom is 0.293 e. The lowest BCUT2D eigenvalue weighted by atomic mass is 10.2. The highest BCUT2D eigenvalue weighted by molar-refractivity contribution is 8.18. The molecule has 23 heavy (non-hydrogen) atoms. The van der Waals surface area contributed by atoms with Crippen LogP contribution in [0.1, 0.15) is 17.0 Å². The van der Waals surface area contributed by atoms with E-state index in [0.29, 0.717) is 9.93 Å². The average Bonchev–Trinajstić information content (AvgIpc) is 2.97. The number of benzene rings is 1. The molecule has 2 heterocycles. The molecular weight excluding hydrogens is 332 g/mol. The Labute approximate surface area is 143 Å². The summed E-state index contributed by atoms with van der Waals surface area (Å²) in [6.07, 6.45) is 1.76. The van der Waals surface area contributed by atoms with E-state index in [1.807, 2.05) is 42.8 Å². The fraction of sp³-hybridized carbons (Fsp3) is 0.176. The summed E-state index contributed by atoms with van der Waals surface area (Å²) >= 11 is 6.83. The monoisotopic (exact) mass is 346 g/mol. The molecule has 1 saturated heterocycles. The minimum Gasteiger partial charge on any atom is -0.348 e. The Balaban J connectivity index is 1.82. The number of aryl methyl sites for hydroxylation is 1. The maximum atomic E-state index is 12.5. The van der Waals surface area contributed by atoms with Gasteiger partial charge in [0.2, 0.25) is 0 Å². The quantitative estimate of drug-likeness (QED) is 0.781. The zero-order valence-electron chi connectivity index (χ0n) is 12.7. The maximum absolute atomic E-state index is 12.5. The van der Waals surface area contributed by atoms with Gasteiger partial charge in [-0.3, -0.25) is 14.5 Å². The van der Waals surface area contributed by atoms with Crippen LogP contribution in [0, 0.1) is 6.92 Å². The SMILES string of the molecule is Cc1ccc(/C=C2\SC(=O)N(Cc3ccc(Cl)cc3)C2=O)n1C. The number of thioether (sulfide) groups is 1. The van der Waals surface area contributed by atoms with Crippen LogP contribution in [0.3, 0.4) is 0 Å². The zero-order chi connectivity index (χ0) is 16.6. The summed E-state index contributed by atoms with van der Waals surface area (Å²) < 4.78 is 1.98. The summed E-state index contributed by atoms with van der Waals surface area (Å²) in [6, 6.07) is 11.0. The lowest BCUT2D eigenvalue weighted by Gasteiger charge is -2.12. The third kappa shape index (κ3) is 3.21. The summed E-state index contributed by atoms with van der Waals surface area (Å²) in [7, 11) is 1.93. The number of carbonyl (C=O) groups is 2. The van der Waals surface area contributed by atoms with E-state index in [9.17, 15) is 9.59 Å². The molecule has 0 radical (unpaired) electrons. The van der Waals surface area contributed by atoms with Gasteiger partial charge in [-0.1, -0.05) is 23.7 Å². The van der Waals surface area contributed by atoms with Crippen LogP contribution < -0.4 is 0 Å². The second kappa shape index (κ2) is 6.26. The Bertz CT molecular complexity index is 809. The first-order valence-electron chi connectivity index (χ1n) is 7.08. The van der Waals surface area contributed by atoms with Crippen LogP contribution in [0.25, 0.3) is 6.08 Å². The number of nitrogens with zero attached hydrogens (tertiary/aromatic N) is 2. The standard InChI is InChI=1S/C17H15ClN2O2S/c1-11-3-8-14(19(11)2)9-15-16(21)20(17(22)23-15)10-12-4-6-13(18)7-5-12/h3-9H,10H2,1-2H3/b15-9-. The van der Waals surface area contributed by atoms with Gasteiger partial charge in [0.15, 0.2) is 0 Å². The summed E-state index contributed by atoms with van der Waals surface area (Å²) in [5, 5.41) is 0.379. The molecular formula is C17H15ClN2O2S. The van der Waals surface area contributed by atoms with Crippen molar-refractivity contribution in [1.82, 2.24) is 9.47 Å². The van der Waals surface area contributed by atoms with E-state index in [2.05, 4.69) is 0 Å². The van der Waals surface area contributed by atoms with Crippen molar-refractivity contribution in [2.45, 2.75) is 13.5 Å². The van der Waals surface area contributed by atoms with E-state index in [4.69, 9.17) is 11.6 Å². The van der Waals surface area contributed by atoms with Gasteiger partial charge in [-0.25, -0.2) is 0 Å². The molecule has 1 aliphatic heterocycles.